The van der Waals surface area contributed by atoms with Crippen molar-refractivity contribution in [2.24, 2.45) is 0 Å². The van der Waals surface area contributed by atoms with Crippen molar-refractivity contribution in [3.8, 4) is 0 Å². The lowest BCUT2D eigenvalue weighted by Crippen LogP contribution is -2.23. The fourth-order valence-electron chi connectivity index (χ4n) is 5.66. The summed E-state index contributed by atoms with van der Waals surface area (Å²) < 4.78 is 4.17. The molecule has 5 heterocycles. The summed E-state index contributed by atoms with van der Waals surface area (Å²) in [5, 5.41) is 5.12. The summed E-state index contributed by atoms with van der Waals surface area (Å²) >= 11 is 0. The Hall–Kier alpha value is -4.72. The SMILES string of the molecule is Cc1cc2c(N)nccc2c(C)c1CNC(=O)c1cn(Cc2cn3cc(C4CC4)ccc3n2)c2cccnc12. The molecule has 1 aliphatic carbocycles. The Labute approximate surface area is 225 Å². The highest BCUT2D eigenvalue weighted by molar-refractivity contribution is 6.05. The zero-order valence-electron chi connectivity index (χ0n) is 22.0. The lowest BCUT2D eigenvalue weighted by atomic mass is 9.96. The topological polar surface area (TPSA) is 103 Å². The summed E-state index contributed by atoms with van der Waals surface area (Å²) in [6.07, 6.45) is 12.1. The van der Waals surface area contributed by atoms with Gasteiger partial charge in [0.1, 0.15) is 17.0 Å². The van der Waals surface area contributed by atoms with Crippen LogP contribution in [0.3, 0.4) is 0 Å². The van der Waals surface area contributed by atoms with Crippen molar-refractivity contribution in [1.29, 1.82) is 0 Å². The van der Waals surface area contributed by atoms with E-state index in [0.717, 1.165) is 44.3 Å². The van der Waals surface area contributed by atoms with Crippen LogP contribution in [0.4, 0.5) is 5.82 Å². The number of imidazole rings is 1. The van der Waals surface area contributed by atoms with Crippen molar-refractivity contribution < 1.29 is 4.79 Å². The van der Waals surface area contributed by atoms with Gasteiger partial charge in [0.05, 0.1) is 23.3 Å². The second-order valence-corrected chi connectivity index (χ2v) is 10.5. The van der Waals surface area contributed by atoms with Gasteiger partial charge in [0.2, 0.25) is 0 Å². The van der Waals surface area contributed by atoms with Crippen LogP contribution >= 0.6 is 0 Å². The average Bonchev–Trinajstić information content (AvgIpc) is 3.61. The number of aryl methyl sites for hydroxylation is 2. The second kappa shape index (κ2) is 8.94. The summed E-state index contributed by atoms with van der Waals surface area (Å²) in [4.78, 5) is 27.1. The highest BCUT2D eigenvalue weighted by atomic mass is 16.1. The van der Waals surface area contributed by atoms with Gasteiger partial charge in [-0.3, -0.25) is 9.78 Å². The molecule has 1 aliphatic rings. The number of amides is 1. The lowest BCUT2D eigenvalue weighted by Gasteiger charge is -2.14. The molecule has 0 spiro atoms. The Balaban J connectivity index is 1.17. The van der Waals surface area contributed by atoms with Crippen LogP contribution in [0, 0.1) is 13.8 Å². The smallest absolute Gasteiger partial charge is 0.255 e. The molecule has 8 heteroatoms. The van der Waals surface area contributed by atoms with Crippen molar-refractivity contribution in [3.63, 3.8) is 0 Å². The van der Waals surface area contributed by atoms with E-state index >= 15 is 0 Å². The maximum Gasteiger partial charge on any atom is 0.255 e. The van der Waals surface area contributed by atoms with Crippen LogP contribution < -0.4 is 11.1 Å². The largest absolute Gasteiger partial charge is 0.383 e. The van der Waals surface area contributed by atoms with Gasteiger partial charge in [0.25, 0.3) is 5.91 Å². The number of nitrogens with two attached hydrogens (primary N) is 1. The molecule has 8 nitrogen and oxygen atoms in total. The number of nitrogens with zero attached hydrogens (tertiary/aromatic N) is 5. The third kappa shape index (κ3) is 4.09. The van der Waals surface area contributed by atoms with Gasteiger partial charge in [-0.15, -0.1) is 0 Å². The molecule has 1 aromatic carbocycles. The molecule has 1 saturated carbocycles. The lowest BCUT2D eigenvalue weighted by molar-refractivity contribution is 0.0952. The van der Waals surface area contributed by atoms with E-state index < -0.39 is 0 Å². The molecule has 3 N–H and O–H groups in total. The Morgan fingerprint density at radius 2 is 1.92 bits per heavy atom. The van der Waals surface area contributed by atoms with Gasteiger partial charge >= 0.3 is 0 Å². The molecule has 1 amide bonds. The molecule has 0 unspecified atom stereocenters. The third-order valence-electron chi connectivity index (χ3n) is 7.93. The van der Waals surface area contributed by atoms with Gasteiger partial charge in [-0.2, -0.15) is 0 Å². The van der Waals surface area contributed by atoms with E-state index in [1.165, 1.54) is 18.4 Å². The molecule has 0 saturated heterocycles. The van der Waals surface area contributed by atoms with Gasteiger partial charge in [0.15, 0.2) is 0 Å². The monoisotopic (exact) mass is 515 g/mol. The van der Waals surface area contributed by atoms with Crippen molar-refractivity contribution in [2.75, 3.05) is 5.73 Å². The Kier molecular flexibility index (Phi) is 5.36. The maximum absolute atomic E-state index is 13.5. The van der Waals surface area contributed by atoms with E-state index in [1.54, 1.807) is 12.4 Å². The Morgan fingerprint density at radius 3 is 2.77 bits per heavy atom. The average molecular weight is 516 g/mol. The van der Waals surface area contributed by atoms with E-state index in [4.69, 9.17) is 10.7 Å². The fraction of sp³-hybridized carbons (Fsp3) is 0.226. The predicted molar refractivity (Wildman–Crippen MR) is 153 cm³/mol. The minimum Gasteiger partial charge on any atom is -0.383 e. The van der Waals surface area contributed by atoms with Crippen molar-refractivity contribution in [1.82, 2.24) is 29.2 Å². The minimum absolute atomic E-state index is 0.158. The number of fused-ring (bicyclic) bond motifs is 3. The van der Waals surface area contributed by atoms with Gasteiger partial charge in [0, 0.05) is 42.9 Å². The van der Waals surface area contributed by atoms with Crippen LogP contribution in [0.2, 0.25) is 0 Å². The van der Waals surface area contributed by atoms with Crippen LogP contribution in [0.5, 0.6) is 0 Å². The second-order valence-electron chi connectivity index (χ2n) is 10.5. The van der Waals surface area contributed by atoms with Crippen LogP contribution in [0.25, 0.3) is 27.5 Å². The van der Waals surface area contributed by atoms with Crippen molar-refractivity contribution in [3.05, 3.63) is 101 Å². The maximum atomic E-state index is 13.5. The van der Waals surface area contributed by atoms with E-state index in [0.29, 0.717) is 35.9 Å². The summed E-state index contributed by atoms with van der Waals surface area (Å²) in [6, 6.07) is 12.2. The number of nitrogen functional groups attached to an aromatic ring is 1. The molecular formula is C31H29N7O. The first-order chi connectivity index (χ1) is 19.0. The normalized spacial score (nSPS) is 13.5. The summed E-state index contributed by atoms with van der Waals surface area (Å²) in [6.45, 7) is 5.06. The number of nitrogens with one attached hydrogen (secondary N) is 1. The first kappa shape index (κ1) is 23.4. The molecule has 5 aromatic heterocycles. The van der Waals surface area contributed by atoms with E-state index in [-0.39, 0.29) is 5.91 Å². The number of aromatic nitrogens is 5. The first-order valence-electron chi connectivity index (χ1n) is 13.3. The highest BCUT2D eigenvalue weighted by Gasteiger charge is 2.24. The van der Waals surface area contributed by atoms with Crippen LogP contribution in [0.1, 0.15) is 57.1 Å². The Morgan fingerprint density at radius 1 is 1.05 bits per heavy atom. The number of carbonyl (C=O) groups excluding carboxylic acids is 1. The van der Waals surface area contributed by atoms with Gasteiger partial charge < -0.3 is 20.0 Å². The summed E-state index contributed by atoms with van der Waals surface area (Å²) in [7, 11) is 0. The molecular weight excluding hydrogens is 486 g/mol. The molecule has 0 atom stereocenters. The number of carbonyl (C=O) groups is 1. The Bertz CT molecular complexity index is 1910. The van der Waals surface area contributed by atoms with Gasteiger partial charge in [-0.1, -0.05) is 6.07 Å². The van der Waals surface area contributed by atoms with Gasteiger partial charge in [-0.05, 0) is 90.6 Å². The molecule has 6 aromatic rings. The molecule has 0 aliphatic heterocycles. The number of benzene rings is 1. The molecule has 1 fully saturated rings. The van der Waals surface area contributed by atoms with E-state index in [9.17, 15) is 4.79 Å². The van der Waals surface area contributed by atoms with E-state index in [1.807, 2.05) is 37.4 Å². The quantitative estimate of drug-likeness (QED) is 0.314. The van der Waals surface area contributed by atoms with Gasteiger partial charge in [-0.25, -0.2) is 9.97 Å². The van der Waals surface area contributed by atoms with Crippen LogP contribution in [0.15, 0.2) is 67.4 Å². The standard InChI is InChI=1S/C31H29N7O/c1-18-12-24-23(9-11-34-30(24)32)19(2)25(18)13-35-31(39)26-17-37(27-4-3-10-33-29(26)27)15-22-16-38-14-21(20-5-6-20)7-8-28(38)36-22/h3-4,7-12,14,16-17,20H,5-6,13,15H2,1-2H3,(H2,32,34)(H,35,39). The zero-order chi connectivity index (χ0) is 26.7. The third-order valence-corrected chi connectivity index (χ3v) is 7.93. The molecule has 7 rings (SSSR count). The number of hydrogen-bond acceptors (Lipinski definition) is 5. The van der Waals surface area contributed by atoms with Crippen LogP contribution in [-0.2, 0) is 13.1 Å². The summed E-state index contributed by atoms with van der Waals surface area (Å²) in [5.74, 6) is 1.05. The number of pyridine rings is 3. The van der Waals surface area contributed by atoms with Crippen LogP contribution in [-0.4, -0.2) is 29.8 Å². The van der Waals surface area contributed by atoms with Crippen molar-refractivity contribution >= 4 is 39.2 Å². The zero-order valence-corrected chi connectivity index (χ0v) is 22.0. The first-order valence-corrected chi connectivity index (χ1v) is 13.3. The van der Waals surface area contributed by atoms with E-state index in [2.05, 4.69) is 55.7 Å². The molecule has 0 radical (unpaired) electrons. The molecule has 39 heavy (non-hydrogen) atoms. The number of hydrogen-bond donors (Lipinski definition) is 2. The highest BCUT2D eigenvalue weighted by Crippen LogP contribution is 2.40. The summed E-state index contributed by atoms with van der Waals surface area (Å²) in [5.41, 5.74) is 14.7. The molecule has 194 valence electrons. The molecule has 0 bridgehead atoms. The van der Waals surface area contributed by atoms with Crippen molar-refractivity contribution in [2.45, 2.75) is 45.7 Å². The minimum atomic E-state index is -0.158. The predicted octanol–water partition coefficient (Wildman–Crippen LogP) is 5.29. The number of rotatable bonds is 6. The fourth-order valence-corrected chi connectivity index (χ4v) is 5.66. The number of anilines is 1.